The van der Waals surface area contributed by atoms with Crippen molar-refractivity contribution in [2.45, 2.75) is 6.92 Å². The number of hydrogen-bond donors (Lipinski definition) is 1. The van der Waals surface area contributed by atoms with E-state index >= 15 is 0 Å². The van der Waals surface area contributed by atoms with Crippen molar-refractivity contribution in [3.63, 3.8) is 0 Å². The second kappa shape index (κ2) is 3.68. The zero-order valence-corrected chi connectivity index (χ0v) is 8.03. The van der Waals surface area contributed by atoms with Crippen LogP contribution < -0.4 is 0 Å². The molecule has 0 saturated heterocycles. The molecule has 2 nitrogen and oxygen atoms in total. The zero-order chi connectivity index (χ0) is 9.97. The lowest BCUT2D eigenvalue weighted by Gasteiger charge is -1.92. The summed E-state index contributed by atoms with van der Waals surface area (Å²) < 4.78 is 5.60. The number of benzene rings is 1. The third kappa shape index (κ3) is 1.56. The summed E-state index contributed by atoms with van der Waals surface area (Å²) in [6.07, 6.45) is 1.73. The van der Waals surface area contributed by atoms with Gasteiger partial charge in [0.05, 0.1) is 6.61 Å². The topological polar surface area (TPSA) is 33.4 Å². The third-order valence-electron chi connectivity index (χ3n) is 2.21. The molecule has 0 amide bonds. The largest absolute Gasteiger partial charge is 0.456 e. The lowest BCUT2D eigenvalue weighted by molar-refractivity contribution is 0.343. The van der Waals surface area contributed by atoms with Crippen molar-refractivity contribution < 1.29 is 9.52 Å². The molecule has 1 aromatic carbocycles. The quantitative estimate of drug-likeness (QED) is 0.786. The monoisotopic (exact) mass is 188 g/mol. The molecule has 0 fully saturated rings. The van der Waals surface area contributed by atoms with Crippen molar-refractivity contribution >= 4 is 16.5 Å². The van der Waals surface area contributed by atoms with Gasteiger partial charge in [-0.3, -0.25) is 0 Å². The molecule has 0 aliphatic rings. The first-order valence-electron chi connectivity index (χ1n) is 4.58. The van der Waals surface area contributed by atoms with Crippen LogP contribution in [0, 0.1) is 0 Å². The average molecular weight is 188 g/mol. The van der Waals surface area contributed by atoms with Gasteiger partial charge in [-0.2, -0.15) is 0 Å². The molecule has 1 N–H and O–H groups in total. The van der Waals surface area contributed by atoms with Crippen LogP contribution in [0.5, 0.6) is 0 Å². The highest BCUT2D eigenvalue weighted by atomic mass is 16.3. The molecule has 0 radical (unpaired) electrons. The highest BCUT2D eigenvalue weighted by molar-refractivity contribution is 5.81. The first-order chi connectivity index (χ1) is 6.81. The van der Waals surface area contributed by atoms with Crippen molar-refractivity contribution in [2.24, 2.45) is 0 Å². The van der Waals surface area contributed by atoms with Crippen LogP contribution in [0.1, 0.15) is 12.7 Å². The molecule has 72 valence electrons. The average Bonchev–Trinajstić information content (AvgIpc) is 2.61. The fourth-order valence-electron chi connectivity index (χ4n) is 1.41. The Morgan fingerprint density at radius 2 is 2.21 bits per heavy atom. The van der Waals surface area contributed by atoms with E-state index in [0.717, 1.165) is 22.3 Å². The lowest BCUT2D eigenvalue weighted by Crippen LogP contribution is -1.77. The van der Waals surface area contributed by atoms with E-state index in [4.69, 9.17) is 9.52 Å². The number of para-hydroxylation sites is 1. The molecule has 0 unspecified atom stereocenters. The van der Waals surface area contributed by atoms with Crippen LogP contribution in [0.25, 0.3) is 16.5 Å². The molecule has 0 bridgehead atoms. The third-order valence-corrected chi connectivity index (χ3v) is 2.21. The molecule has 0 saturated carbocycles. The SMILES string of the molecule is C/C(=C\CO)c1cc2ccccc2o1. The Hall–Kier alpha value is -1.54. The summed E-state index contributed by atoms with van der Waals surface area (Å²) in [7, 11) is 0. The minimum absolute atomic E-state index is 0.0445. The molecule has 1 heterocycles. The number of aliphatic hydroxyl groups is 1. The summed E-state index contributed by atoms with van der Waals surface area (Å²) in [5, 5.41) is 9.85. The van der Waals surface area contributed by atoms with E-state index in [1.165, 1.54) is 0 Å². The van der Waals surface area contributed by atoms with Gasteiger partial charge in [0.15, 0.2) is 0 Å². The molecule has 0 aliphatic carbocycles. The van der Waals surface area contributed by atoms with Crippen LogP contribution in [0.3, 0.4) is 0 Å². The van der Waals surface area contributed by atoms with E-state index in [9.17, 15) is 0 Å². The van der Waals surface area contributed by atoms with Crippen molar-refractivity contribution in [2.75, 3.05) is 6.61 Å². The maximum absolute atomic E-state index is 8.75. The van der Waals surface area contributed by atoms with Crippen molar-refractivity contribution in [1.29, 1.82) is 0 Å². The van der Waals surface area contributed by atoms with E-state index in [-0.39, 0.29) is 6.61 Å². The Morgan fingerprint density at radius 1 is 1.43 bits per heavy atom. The van der Waals surface area contributed by atoms with Crippen LogP contribution in [0.2, 0.25) is 0 Å². The normalized spacial score (nSPS) is 12.3. The number of hydrogen-bond acceptors (Lipinski definition) is 2. The highest BCUT2D eigenvalue weighted by Gasteiger charge is 2.03. The molecular formula is C12H12O2. The Kier molecular flexibility index (Phi) is 2.37. The fourth-order valence-corrected chi connectivity index (χ4v) is 1.41. The summed E-state index contributed by atoms with van der Waals surface area (Å²) >= 11 is 0. The van der Waals surface area contributed by atoms with Gasteiger partial charge in [-0.1, -0.05) is 24.3 Å². The van der Waals surface area contributed by atoms with Gasteiger partial charge < -0.3 is 9.52 Å². The Bertz CT molecular complexity index is 433. The van der Waals surface area contributed by atoms with E-state index < -0.39 is 0 Å². The maximum atomic E-state index is 8.75. The first kappa shape index (κ1) is 9.03. The summed E-state index contributed by atoms with van der Waals surface area (Å²) in [4.78, 5) is 0. The second-order valence-electron chi connectivity index (χ2n) is 3.22. The summed E-state index contributed by atoms with van der Waals surface area (Å²) in [5.74, 6) is 0.820. The second-order valence-corrected chi connectivity index (χ2v) is 3.22. The van der Waals surface area contributed by atoms with Gasteiger partial charge in [0, 0.05) is 5.39 Å². The number of aliphatic hydroxyl groups excluding tert-OH is 1. The molecular weight excluding hydrogens is 176 g/mol. The van der Waals surface area contributed by atoms with Gasteiger partial charge in [-0.25, -0.2) is 0 Å². The number of rotatable bonds is 2. The highest BCUT2D eigenvalue weighted by Crippen LogP contribution is 2.23. The predicted molar refractivity (Wildman–Crippen MR) is 57.0 cm³/mol. The molecule has 14 heavy (non-hydrogen) atoms. The zero-order valence-electron chi connectivity index (χ0n) is 8.03. The molecule has 0 spiro atoms. The van der Waals surface area contributed by atoms with Gasteiger partial charge in [0.25, 0.3) is 0 Å². The van der Waals surface area contributed by atoms with Crippen molar-refractivity contribution in [1.82, 2.24) is 0 Å². The lowest BCUT2D eigenvalue weighted by atomic mass is 10.2. The minimum Gasteiger partial charge on any atom is -0.456 e. The van der Waals surface area contributed by atoms with Crippen molar-refractivity contribution in [3.05, 3.63) is 42.2 Å². The predicted octanol–water partition coefficient (Wildman–Crippen LogP) is 2.83. The standard InChI is InChI=1S/C12H12O2/c1-9(6-7-13)12-8-10-4-2-3-5-11(10)14-12/h2-6,8,13H,7H2,1H3/b9-6+. The maximum Gasteiger partial charge on any atom is 0.134 e. The molecule has 2 rings (SSSR count). The molecule has 0 atom stereocenters. The molecule has 1 aromatic heterocycles. The molecule has 2 aromatic rings. The number of allylic oxidation sites excluding steroid dienone is 1. The van der Waals surface area contributed by atoms with Gasteiger partial charge in [0.1, 0.15) is 11.3 Å². The summed E-state index contributed by atoms with van der Waals surface area (Å²) in [5.41, 5.74) is 1.84. The van der Waals surface area contributed by atoms with Gasteiger partial charge in [-0.05, 0) is 24.6 Å². The van der Waals surface area contributed by atoms with Crippen LogP contribution in [-0.4, -0.2) is 11.7 Å². The fraction of sp³-hybridized carbons (Fsp3) is 0.167. The van der Waals surface area contributed by atoms with E-state index in [2.05, 4.69) is 0 Å². The van der Waals surface area contributed by atoms with Gasteiger partial charge in [0.2, 0.25) is 0 Å². The summed E-state index contributed by atoms with van der Waals surface area (Å²) in [6.45, 7) is 1.97. The Balaban J connectivity index is 2.50. The van der Waals surface area contributed by atoms with Gasteiger partial charge >= 0.3 is 0 Å². The van der Waals surface area contributed by atoms with Crippen LogP contribution in [0.4, 0.5) is 0 Å². The minimum atomic E-state index is 0.0445. The smallest absolute Gasteiger partial charge is 0.134 e. The number of fused-ring (bicyclic) bond motifs is 1. The van der Waals surface area contributed by atoms with Crippen LogP contribution in [-0.2, 0) is 0 Å². The van der Waals surface area contributed by atoms with E-state index in [1.54, 1.807) is 6.08 Å². The Morgan fingerprint density at radius 3 is 2.93 bits per heavy atom. The van der Waals surface area contributed by atoms with E-state index in [1.807, 2.05) is 37.3 Å². The van der Waals surface area contributed by atoms with Crippen LogP contribution in [0.15, 0.2) is 40.8 Å². The van der Waals surface area contributed by atoms with Crippen LogP contribution >= 0.6 is 0 Å². The molecule has 0 aliphatic heterocycles. The Labute approximate surface area is 82.5 Å². The summed E-state index contributed by atoms with van der Waals surface area (Å²) in [6, 6.07) is 9.85. The first-order valence-corrected chi connectivity index (χ1v) is 4.58. The van der Waals surface area contributed by atoms with Crippen molar-refractivity contribution in [3.8, 4) is 0 Å². The van der Waals surface area contributed by atoms with Gasteiger partial charge in [-0.15, -0.1) is 0 Å². The van der Waals surface area contributed by atoms with E-state index in [0.29, 0.717) is 0 Å². The number of furan rings is 1. The molecule has 2 heteroatoms.